The lowest BCUT2D eigenvalue weighted by molar-refractivity contribution is -0.898. The van der Waals surface area contributed by atoms with Crippen LogP contribution in [0.4, 0.5) is 0 Å². The van der Waals surface area contributed by atoms with Crippen LogP contribution in [0.25, 0.3) is 6.08 Å². The van der Waals surface area contributed by atoms with Gasteiger partial charge >= 0.3 is 0 Å². The Morgan fingerprint density at radius 1 is 1.12 bits per heavy atom. The van der Waals surface area contributed by atoms with Crippen molar-refractivity contribution in [3.8, 4) is 5.75 Å². The summed E-state index contributed by atoms with van der Waals surface area (Å²) in [4.78, 5) is 16.5. The van der Waals surface area contributed by atoms with Crippen molar-refractivity contribution in [2.45, 2.75) is 20.5 Å². The van der Waals surface area contributed by atoms with Crippen molar-refractivity contribution < 1.29 is 19.0 Å². The predicted molar refractivity (Wildman–Crippen MR) is 124 cm³/mol. The van der Waals surface area contributed by atoms with Gasteiger partial charge < -0.3 is 19.1 Å². The van der Waals surface area contributed by atoms with Gasteiger partial charge in [-0.25, -0.2) is 0 Å². The van der Waals surface area contributed by atoms with Gasteiger partial charge in [0.1, 0.15) is 18.1 Å². The molecule has 1 fully saturated rings. The highest BCUT2D eigenvalue weighted by molar-refractivity contribution is 5.94. The number of aryl methyl sites for hydroxylation is 2. The first-order chi connectivity index (χ1) is 15.6. The van der Waals surface area contributed by atoms with Gasteiger partial charge in [0.2, 0.25) is 0 Å². The number of rotatable bonds is 7. The summed E-state index contributed by atoms with van der Waals surface area (Å²) in [6, 6.07) is 17.8. The maximum Gasteiger partial charge on any atom is 0.254 e. The lowest BCUT2D eigenvalue weighted by atomic mass is 10.1. The van der Waals surface area contributed by atoms with Crippen molar-refractivity contribution in [2.75, 3.05) is 32.7 Å². The molecule has 1 aliphatic heterocycles. The van der Waals surface area contributed by atoms with E-state index in [-0.39, 0.29) is 5.91 Å². The third-order valence-corrected chi connectivity index (χ3v) is 5.92. The van der Waals surface area contributed by atoms with E-state index in [0.717, 1.165) is 49.7 Å². The number of quaternary nitrogens is 1. The molecule has 0 spiro atoms. The van der Waals surface area contributed by atoms with Crippen LogP contribution >= 0.6 is 0 Å². The molecular formula is C26H30N3O3+. The highest BCUT2D eigenvalue weighted by atomic mass is 16.5. The van der Waals surface area contributed by atoms with Crippen molar-refractivity contribution in [1.82, 2.24) is 10.1 Å². The molecule has 0 saturated carbocycles. The third kappa shape index (κ3) is 5.45. The molecule has 6 heteroatoms. The van der Waals surface area contributed by atoms with Crippen LogP contribution in [-0.4, -0.2) is 48.7 Å². The lowest BCUT2D eigenvalue weighted by Gasteiger charge is -2.31. The van der Waals surface area contributed by atoms with E-state index in [1.165, 1.54) is 10.5 Å². The summed E-state index contributed by atoms with van der Waals surface area (Å²) in [6.07, 6.45) is 4.39. The maximum absolute atomic E-state index is 13.0. The number of hydrogen-bond donors (Lipinski definition) is 1. The van der Waals surface area contributed by atoms with Crippen LogP contribution in [0.3, 0.4) is 0 Å². The van der Waals surface area contributed by atoms with Crippen molar-refractivity contribution in [3.05, 3.63) is 88.8 Å². The summed E-state index contributed by atoms with van der Waals surface area (Å²) < 4.78 is 11.1. The maximum atomic E-state index is 13.0. The van der Waals surface area contributed by atoms with E-state index in [0.29, 0.717) is 17.9 Å². The van der Waals surface area contributed by atoms with Gasteiger partial charge in [-0.05, 0) is 43.7 Å². The van der Waals surface area contributed by atoms with E-state index in [4.69, 9.17) is 9.26 Å². The topological polar surface area (TPSA) is 60.0 Å². The normalized spacial score (nSPS) is 14.8. The van der Waals surface area contributed by atoms with E-state index in [9.17, 15) is 4.79 Å². The van der Waals surface area contributed by atoms with E-state index in [1.807, 2.05) is 61.2 Å². The molecule has 32 heavy (non-hydrogen) atoms. The summed E-state index contributed by atoms with van der Waals surface area (Å²) in [5, 5.41) is 3.95. The highest BCUT2D eigenvalue weighted by Crippen LogP contribution is 2.19. The SMILES string of the molecule is Cc1noc(C)c1COc1cccc(C(=O)N2CC[NH+](C/C=C/c3ccccc3)CC2)c1. The summed E-state index contributed by atoms with van der Waals surface area (Å²) in [7, 11) is 0. The molecule has 6 nitrogen and oxygen atoms in total. The molecule has 0 atom stereocenters. The zero-order chi connectivity index (χ0) is 22.3. The number of piperazine rings is 1. The average Bonchev–Trinajstić information content (AvgIpc) is 3.15. The van der Waals surface area contributed by atoms with Crippen molar-refractivity contribution in [2.24, 2.45) is 0 Å². The minimum absolute atomic E-state index is 0.0617. The van der Waals surface area contributed by atoms with E-state index < -0.39 is 0 Å². The van der Waals surface area contributed by atoms with Crippen LogP contribution in [0.1, 0.15) is 32.9 Å². The van der Waals surface area contributed by atoms with Crippen LogP contribution in [0.2, 0.25) is 0 Å². The fraction of sp³-hybridized carbons (Fsp3) is 0.308. The fourth-order valence-corrected chi connectivity index (χ4v) is 3.92. The van der Waals surface area contributed by atoms with Gasteiger partial charge in [-0.1, -0.05) is 47.6 Å². The van der Waals surface area contributed by atoms with Gasteiger partial charge in [-0.15, -0.1) is 0 Å². The van der Waals surface area contributed by atoms with Gasteiger partial charge in [-0.2, -0.15) is 0 Å². The number of amides is 1. The zero-order valence-corrected chi connectivity index (χ0v) is 18.7. The molecule has 2 aromatic carbocycles. The van der Waals surface area contributed by atoms with E-state index in [2.05, 4.69) is 29.4 Å². The number of carbonyl (C=O) groups is 1. The van der Waals surface area contributed by atoms with Gasteiger partial charge in [0.05, 0.1) is 44.0 Å². The molecule has 0 radical (unpaired) electrons. The van der Waals surface area contributed by atoms with Crippen LogP contribution in [0.5, 0.6) is 5.75 Å². The number of carbonyl (C=O) groups excluding carboxylic acids is 1. The molecule has 0 unspecified atom stereocenters. The second kappa shape index (κ2) is 10.3. The number of aromatic nitrogens is 1. The van der Waals surface area contributed by atoms with Gasteiger partial charge in [0.15, 0.2) is 0 Å². The lowest BCUT2D eigenvalue weighted by Crippen LogP contribution is -3.14. The van der Waals surface area contributed by atoms with Crippen molar-refractivity contribution >= 4 is 12.0 Å². The molecule has 0 aliphatic carbocycles. The molecular weight excluding hydrogens is 402 g/mol. The number of nitrogens with one attached hydrogen (secondary N) is 1. The zero-order valence-electron chi connectivity index (χ0n) is 18.7. The number of benzene rings is 2. The number of nitrogens with zero attached hydrogens (tertiary/aromatic N) is 2. The van der Waals surface area contributed by atoms with Crippen LogP contribution in [0, 0.1) is 13.8 Å². The van der Waals surface area contributed by atoms with E-state index in [1.54, 1.807) is 0 Å². The third-order valence-electron chi connectivity index (χ3n) is 5.92. The smallest absolute Gasteiger partial charge is 0.254 e. The molecule has 1 aliphatic rings. The van der Waals surface area contributed by atoms with Crippen LogP contribution in [0.15, 0.2) is 65.2 Å². The minimum atomic E-state index is 0.0617. The molecule has 1 amide bonds. The van der Waals surface area contributed by atoms with Gasteiger partial charge in [-0.3, -0.25) is 4.79 Å². The Morgan fingerprint density at radius 2 is 1.91 bits per heavy atom. The molecule has 166 valence electrons. The molecule has 1 N–H and O–H groups in total. The molecule has 2 heterocycles. The quantitative estimate of drug-likeness (QED) is 0.624. The van der Waals surface area contributed by atoms with Crippen LogP contribution < -0.4 is 9.64 Å². The second-order valence-electron chi connectivity index (χ2n) is 8.18. The summed E-state index contributed by atoms with van der Waals surface area (Å²) >= 11 is 0. The molecule has 1 aromatic heterocycles. The first-order valence-corrected chi connectivity index (χ1v) is 11.1. The Balaban J connectivity index is 1.28. The van der Waals surface area contributed by atoms with Crippen LogP contribution in [-0.2, 0) is 6.61 Å². The van der Waals surface area contributed by atoms with Gasteiger partial charge in [0, 0.05) is 5.56 Å². The monoisotopic (exact) mass is 432 g/mol. The number of ether oxygens (including phenoxy) is 1. The van der Waals surface area contributed by atoms with E-state index >= 15 is 0 Å². The van der Waals surface area contributed by atoms with Gasteiger partial charge in [0.25, 0.3) is 5.91 Å². The molecule has 3 aromatic rings. The first kappa shape index (κ1) is 21.8. The van der Waals surface area contributed by atoms with Crippen molar-refractivity contribution in [1.29, 1.82) is 0 Å². The summed E-state index contributed by atoms with van der Waals surface area (Å²) in [5.41, 5.74) is 3.65. The first-order valence-electron chi connectivity index (χ1n) is 11.1. The molecule has 1 saturated heterocycles. The molecule has 0 bridgehead atoms. The molecule has 4 rings (SSSR count). The number of hydrogen-bond acceptors (Lipinski definition) is 4. The minimum Gasteiger partial charge on any atom is -0.489 e. The Labute approximate surface area is 189 Å². The Hall–Kier alpha value is -3.38. The summed E-state index contributed by atoms with van der Waals surface area (Å²) in [6.45, 7) is 8.54. The Bertz CT molecular complexity index is 1050. The highest BCUT2D eigenvalue weighted by Gasteiger charge is 2.24. The standard InChI is InChI=1S/C26H29N3O3/c1-20-25(21(2)32-27-20)19-31-24-12-6-11-23(18-24)26(30)29-16-14-28(15-17-29)13-7-10-22-8-4-3-5-9-22/h3-12,18H,13-17,19H2,1-2H3/p+1/b10-7+. The fourth-order valence-electron chi connectivity index (χ4n) is 3.92. The predicted octanol–water partition coefficient (Wildman–Crippen LogP) is 2.92. The largest absolute Gasteiger partial charge is 0.489 e. The Morgan fingerprint density at radius 3 is 2.62 bits per heavy atom. The van der Waals surface area contributed by atoms with Crippen molar-refractivity contribution in [3.63, 3.8) is 0 Å². The summed E-state index contributed by atoms with van der Waals surface area (Å²) in [5.74, 6) is 1.49. The average molecular weight is 433 g/mol. The second-order valence-corrected chi connectivity index (χ2v) is 8.18. The Kier molecular flexibility index (Phi) is 7.02.